The maximum Gasteiger partial charge on any atom is 0.123 e. The van der Waals surface area contributed by atoms with Crippen LogP contribution in [0, 0.1) is 5.82 Å². The zero-order valence-corrected chi connectivity index (χ0v) is 9.91. The summed E-state index contributed by atoms with van der Waals surface area (Å²) in [5.41, 5.74) is 1.07. The summed E-state index contributed by atoms with van der Waals surface area (Å²) in [4.78, 5) is 4.52. The second-order valence-corrected chi connectivity index (χ2v) is 4.35. The molecule has 0 bridgehead atoms. The van der Waals surface area contributed by atoms with E-state index in [0.717, 1.165) is 38.4 Å². The monoisotopic (exact) mass is 239 g/mol. The lowest BCUT2D eigenvalue weighted by Gasteiger charge is -2.36. The molecule has 0 radical (unpaired) electrons. The summed E-state index contributed by atoms with van der Waals surface area (Å²) in [5.74, 6) is -0.199. The molecule has 0 aromatic heterocycles. The van der Waals surface area contributed by atoms with Crippen LogP contribution in [0.2, 0.25) is 0 Å². The van der Waals surface area contributed by atoms with Crippen molar-refractivity contribution in [2.75, 3.05) is 44.3 Å². The lowest BCUT2D eigenvalue weighted by atomic mass is 10.2. The molecule has 0 spiro atoms. The van der Waals surface area contributed by atoms with E-state index >= 15 is 0 Å². The molecule has 1 aromatic carbocycles. The Morgan fingerprint density at radius 1 is 1.00 bits per heavy atom. The van der Waals surface area contributed by atoms with Gasteiger partial charge in [-0.3, -0.25) is 9.29 Å². The first-order valence-electron chi connectivity index (χ1n) is 6.08. The van der Waals surface area contributed by atoms with Crippen molar-refractivity contribution < 1.29 is 8.78 Å². The highest BCUT2D eigenvalue weighted by molar-refractivity contribution is 5.46. The largest absolute Gasteiger partial charge is 0.369 e. The van der Waals surface area contributed by atoms with Gasteiger partial charge >= 0.3 is 0 Å². The summed E-state index contributed by atoms with van der Waals surface area (Å²) in [6.07, 6.45) is 0.622. The van der Waals surface area contributed by atoms with Crippen LogP contribution in [0.25, 0.3) is 0 Å². The molecule has 1 aromatic rings. The fourth-order valence-corrected chi connectivity index (χ4v) is 2.16. The number of rotatable bonds is 4. The van der Waals surface area contributed by atoms with Crippen molar-refractivity contribution in [3.63, 3.8) is 0 Å². The first-order chi connectivity index (χ1) is 8.29. The molecule has 4 heteroatoms. The highest BCUT2D eigenvalue weighted by Crippen LogP contribution is 2.16. The fourth-order valence-electron chi connectivity index (χ4n) is 2.16. The van der Waals surface area contributed by atoms with E-state index in [1.807, 2.05) is 12.1 Å². The highest BCUT2D eigenvalue weighted by Gasteiger charge is 2.16. The van der Waals surface area contributed by atoms with Crippen molar-refractivity contribution in [3.05, 3.63) is 30.1 Å². The summed E-state index contributed by atoms with van der Waals surface area (Å²) in [6.45, 7) is 4.37. The highest BCUT2D eigenvalue weighted by atomic mass is 19.1. The molecular weight excluding hydrogens is 221 g/mol. The Kier molecular flexibility index (Phi) is 4.31. The SMILES string of the molecule is Fc1ccc(N2CCN(CCC[18F])CC2)cc1. The van der Waals surface area contributed by atoms with Gasteiger partial charge in [-0.15, -0.1) is 0 Å². The number of benzene rings is 1. The van der Waals surface area contributed by atoms with Crippen LogP contribution < -0.4 is 4.90 Å². The van der Waals surface area contributed by atoms with Gasteiger partial charge in [-0.05, 0) is 30.7 Å². The van der Waals surface area contributed by atoms with Crippen molar-refractivity contribution in [2.45, 2.75) is 6.42 Å². The molecule has 0 aliphatic carbocycles. The zero-order valence-electron chi connectivity index (χ0n) is 9.91. The summed E-state index contributed by atoms with van der Waals surface area (Å²) >= 11 is 0. The molecule has 17 heavy (non-hydrogen) atoms. The van der Waals surface area contributed by atoms with Crippen molar-refractivity contribution >= 4 is 5.69 Å². The number of anilines is 1. The van der Waals surface area contributed by atoms with Gasteiger partial charge in [-0.1, -0.05) is 0 Å². The van der Waals surface area contributed by atoms with Crippen LogP contribution in [0.5, 0.6) is 0 Å². The van der Waals surface area contributed by atoms with Crippen LogP contribution in [0.3, 0.4) is 0 Å². The molecule has 0 saturated carbocycles. The second kappa shape index (κ2) is 5.96. The normalized spacial score (nSPS) is 17.4. The van der Waals surface area contributed by atoms with Gasteiger partial charge in [0.2, 0.25) is 0 Å². The Morgan fingerprint density at radius 3 is 2.24 bits per heavy atom. The van der Waals surface area contributed by atoms with Crippen LogP contribution in [-0.4, -0.2) is 44.3 Å². The van der Waals surface area contributed by atoms with E-state index in [0.29, 0.717) is 6.42 Å². The third-order valence-corrected chi connectivity index (χ3v) is 3.17. The standard InChI is InChI=1S/C13H18F2N2/c14-6-1-7-16-8-10-17(11-9-16)13-4-2-12(15)3-5-13/h2-5H,1,6-11H2/i14-1. The van der Waals surface area contributed by atoms with Crippen LogP contribution in [-0.2, 0) is 0 Å². The summed E-state index contributed by atoms with van der Waals surface area (Å²) < 4.78 is 24.8. The molecule has 1 aliphatic rings. The quantitative estimate of drug-likeness (QED) is 0.795. The molecule has 0 atom stereocenters. The van der Waals surface area contributed by atoms with Crippen molar-refractivity contribution in [1.29, 1.82) is 0 Å². The number of hydrogen-bond donors (Lipinski definition) is 0. The molecule has 1 saturated heterocycles. The molecule has 2 rings (SSSR count). The fraction of sp³-hybridized carbons (Fsp3) is 0.538. The minimum absolute atomic E-state index is 0.199. The predicted octanol–water partition coefficient (Wildman–Crippen LogP) is 2.31. The number of hydrogen-bond acceptors (Lipinski definition) is 2. The van der Waals surface area contributed by atoms with E-state index in [2.05, 4.69) is 9.80 Å². The predicted molar refractivity (Wildman–Crippen MR) is 65.6 cm³/mol. The first-order valence-corrected chi connectivity index (χ1v) is 6.08. The number of halogens is 2. The van der Waals surface area contributed by atoms with Crippen molar-refractivity contribution in [3.8, 4) is 0 Å². The van der Waals surface area contributed by atoms with E-state index in [1.165, 1.54) is 12.1 Å². The molecule has 1 heterocycles. The van der Waals surface area contributed by atoms with Crippen LogP contribution >= 0.6 is 0 Å². The topological polar surface area (TPSA) is 6.48 Å². The average Bonchev–Trinajstić information content (AvgIpc) is 2.38. The first kappa shape index (κ1) is 12.3. The lowest BCUT2D eigenvalue weighted by molar-refractivity contribution is 0.245. The van der Waals surface area contributed by atoms with Crippen molar-refractivity contribution in [1.82, 2.24) is 4.90 Å². The summed E-state index contributed by atoms with van der Waals surface area (Å²) in [7, 11) is 0. The summed E-state index contributed by atoms with van der Waals surface area (Å²) in [5, 5.41) is 0. The van der Waals surface area contributed by atoms with E-state index in [4.69, 9.17) is 0 Å². The number of piperazine rings is 1. The minimum Gasteiger partial charge on any atom is -0.369 e. The Morgan fingerprint density at radius 2 is 1.65 bits per heavy atom. The van der Waals surface area contributed by atoms with Gasteiger partial charge in [0.05, 0.1) is 6.67 Å². The van der Waals surface area contributed by atoms with Gasteiger partial charge in [0.1, 0.15) is 5.82 Å². The van der Waals surface area contributed by atoms with Crippen molar-refractivity contribution in [2.24, 2.45) is 0 Å². The molecule has 0 N–H and O–H groups in total. The molecule has 0 amide bonds. The van der Waals surface area contributed by atoms with Crippen LogP contribution in [0.1, 0.15) is 6.42 Å². The molecule has 2 nitrogen and oxygen atoms in total. The second-order valence-electron chi connectivity index (χ2n) is 4.35. The average molecular weight is 239 g/mol. The van der Waals surface area contributed by atoms with Gasteiger partial charge in [0, 0.05) is 38.4 Å². The van der Waals surface area contributed by atoms with Gasteiger partial charge in [0.15, 0.2) is 0 Å². The van der Waals surface area contributed by atoms with Crippen LogP contribution in [0.15, 0.2) is 24.3 Å². The Labute approximate surface area is 101 Å². The lowest BCUT2D eigenvalue weighted by Crippen LogP contribution is -2.46. The Bertz CT molecular complexity index is 332. The smallest absolute Gasteiger partial charge is 0.123 e. The Hall–Kier alpha value is -1.16. The molecule has 1 aliphatic heterocycles. The van der Waals surface area contributed by atoms with Crippen LogP contribution in [0.4, 0.5) is 14.5 Å². The van der Waals surface area contributed by atoms with E-state index in [9.17, 15) is 8.78 Å². The molecular formula is C13H18F2N2. The van der Waals surface area contributed by atoms with Gasteiger partial charge in [0.25, 0.3) is 0 Å². The number of nitrogens with zero attached hydrogens (tertiary/aromatic N) is 2. The molecule has 0 unspecified atom stereocenters. The third kappa shape index (κ3) is 3.40. The van der Waals surface area contributed by atoms with E-state index in [-0.39, 0.29) is 12.5 Å². The molecule has 94 valence electrons. The molecule has 1 fully saturated rings. The van der Waals surface area contributed by atoms with E-state index < -0.39 is 0 Å². The van der Waals surface area contributed by atoms with Gasteiger partial charge in [-0.25, -0.2) is 4.39 Å². The number of alkyl halides is 1. The summed E-state index contributed by atoms with van der Waals surface area (Å²) in [6, 6.07) is 6.61. The maximum absolute atomic E-state index is 12.8. The van der Waals surface area contributed by atoms with E-state index in [1.54, 1.807) is 0 Å². The van der Waals surface area contributed by atoms with Gasteiger partial charge < -0.3 is 4.90 Å². The zero-order chi connectivity index (χ0) is 12.1. The maximum atomic E-state index is 12.8. The minimum atomic E-state index is -0.238. The third-order valence-electron chi connectivity index (χ3n) is 3.17. The van der Waals surface area contributed by atoms with Gasteiger partial charge in [-0.2, -0.15) is 0 Å². The Balaban J connectivity index is 1.84.